The Morgan fingerprint density at radius 1 is 1.06 bits per heavy atom. The Morgan fingerprint density at radius 3 is 2.48 bits per heavy atom. The summed E-state index contributed by atoms with van der Waals surface area (Å²) in [5, 5.41) is 5.68. The molecule has 0 radical (unpaired) electrons. The average molecular weight is 449 g/mol. The van der Waals surface area contributed by atoms with E-state index in [1.54, 1.807) is 0 Å². The molecule has 31 heavy (non-hydrogen) atoms. The van der Waals surface area contributed by atoms with Gasteiger partial charge in [0.1, 0.15) is 0 Å². The van der Waals surface area contributed by atoms with E-state index in [0.29, 0.717) is 28.0 Å². The fraction of sp³-hybridized carbons (Fsp3) is 0.130. The smallest absolute Gasteiger partial charge is 0.255 e. The van der Waals surface area contributed by atoms with Gasteiger partial charge >= 0.3 is 0 Å². The summed E-state index contributed by atoms with van der Waals surface area (Å²) >= 11 is 2.57. The van der Waals surface area contributed by atoms with Gasteiger partial charge in [-0.3, -0.25) is 9.59 Å². The lowest BCUT2D eigenvalue weighted by Gasteiger charge is -2.07. The number of amides is 1. The van der Waals surface area contributed by atoms with Gasteiger partial charge in [0.25, 0.3) is 5.56 Å². The molecular weight excluding hydrogens is 428 g/mol. The molecule has 0 atom stereocenters. The molecule has 6 nitrogen and oxygen atoms in total. The third kappa shape index (κ3) is 5.48. The molecule has 2 aromatic carbocycles. The zero-order chi connectivity index (χ0) is 21.6. The number of carbonyl (C=O) groups excluding carboxylic acids is 1. The number of nitrogens with one attached hydrogen (secondary N) is 2. The molecule has 0 aliphatic heterocycles. The fourth-order valence-electron chi connectivity index (χ4n) is 3.02. The Kier molecular flexibility index (Phi) is 6.59. The van der Waals surface area contributed by atoms with Crippen molar-refractivity contribution in [2.45, 2.75) is 18.5 Å². The Hall–Kier alpha value is -3.23. The summed E-state index contributed by atoms with van der Waals surface area (Å²) in [6, 6.07) is 19.6. The zero-order valence-electron chi connectivity index (χ0n) is 16.8. The molecule has 0 saturated carbocycles. The number of aromatic nitrogens is 3. The lowest BCUT2D eigenvalue weighted by Crippen LogP contribution is -2.19. The summed E-state index contributed by atoms with van der Waals surface area (Å²) in [5.41, 5.74) is 4.01. The Labute approximate surface area is 187 Å². The van der Waals surface area contributed by atoms with Crippen molar-refractivity contribution in [3.05, 3.63) is 93.2 Å². The molecule has 2 aromatic heterocycles. The lowest BCUT2D eigenvalue weighted by atomic mass is 10.1. The predicted octanol–water partition coefficient (Wildman–Crippen LogP) is 4.52. The van der Waals surface area contributed by atoms with E-state index in [1.165, 1.54) is 23.1 Å². The minimum absolute atomic E-state index is 0.126. The van der Waals surface area contributed by atoms with Crippen LogP contribution in [0.1, 0.15) is 16.8 Å². The second kappa shape index (κ2) is 9.72. The van der Waals surface area contributed by atoms with Crippen molar-refractivity contribution in [2.24, 2.45) is 0 Å². The second-order valence-corrected chi connectivity index (χ2v) is 8.66. The minimum Gasteiger partial charge on any atom is -0.301 e. The number of thiazole rings is 1. The van der Waals surface area contributed by atoms with Crippen LogP contribution in [-0.2, 0) is 11.2 Å². The maximum atomic E-state index is 12.5. The van der Waals surface area contributed by atoms with Gasteiger partial charge in [0.2, 0.25) is 5.91 Å². The molecule has 1 amide bonds. The Morgan fingerprint density at radius 2 is 1.77 bits per heavy atom. The van der Waals surface area contributed by atoms with Crippen LogP contribution in [-0.4, -0.2) is 26.6 Å². The molecule has 0 unspecified atom stereocenters. The summed E-state index contributed by atoms with van der Waals surface area (Å²) in [6.45, 7) is 1.82. The maximum absolute atomic E-state index is 12.5. The first-order valence-electron chi connectivity index (χ1n) is 9.66. The lowest BCUT2D eigenvalue weighted by molar-refractivity contribution is -0.113. The summed E-state index contributed by atoms with van der Waals surface area (Å²) < 4.78 is 0. The van der Waals surface area contributed by atoms with Crippen LogP contribution in [0.2, 0.25) is 0 Å². The summed E-state index contributed by atoms with van der Waals surface area (Å²) in [7, 11) is 0. The zero-order valence-corrected chi connectivity index (χ0v) is 18.4. The molecular formula is C23H20N4O2S2. The van der Waals surface area contributed by atoms with E-state index in [1.807, 2.05) is 73.0 Å². The standard InChI is InChI=1S/C23H20N4O2S2/c1-15-18(12-16-8-4-2-5-9-16)21(29)27-22(24-15)31-14-20(28)26-23-25-19(13-30-23)17-10-6-3-7-11-17/h2-11,13H,12,14H2,1H3,(H,24,27,29)(H,25,26,28). The van der Waals surface area contributed by atoms with Crippen molar-refractivity contribution in [3.63, 3.8) is 0 Å². The monoisotopic (exact) mass is 448 g/mol. The van der Waals surface area contributed by atoms with Crippen LogP contribution in [0.5, 0.6) is 0 Å². The summed E-state index contributed by atoms with van der Waals surface area (Å²) in [6.07, 6.45) is 0.522. The molecule has 4 rings (SSSR count). The number of H-pyrrole nitrogens is 1. The third-order valence-corrected chi connectivity index (χ3v) is 6.22. The normalized spacial score (nSPS) is 10.7. The van der Waals surface area contributed by atoms with Gasteiger partial charge < -0.3 is 10.3 Å². The van der Waals surface area contributed by atoms with Crippen LogP contribution >= 0.6 is 23.1 Å². The fourth-order valence-corrected chi connectivity index (χ4v) is 4.47. The van der Waals surface area contributed by atoms with E-state index in [0.717, 1.165) is 16.8 Å². The van der Waals surface area contributed by atoms with Crippen molar-refractivity contribution < 1.29 is 4.79 Å². The van der Waals surface area contributed by atoms with E-state index >= 15 is 0 Å². The van der Waals surface area contributed by atoms with Gasteiger partial charge in [-0.05, 0) is 12.5 Å². The Balaban J connectivity index is 1.36. The minimum atomic E-state index is -0.201. The molecule has 8 heteroatoms. The number of carbonyl (C=O) groups is 1. The van der Waals surface area contributed by atoms with Gasteiger partial charge in [0.15, 0.2) is 10.3 Å². The molecule has 0 saturated heterocycles. The molecule has 4 aromatic rings. The molecule has 0 aliphatic rings. The molecule has 0 spiro atoms. The van der Waals surface area contributed by atoms with E-state index in [9.17, 15) is 9.59 Å². The number of rotatable bonds is 7. The molecule has 2 heterocycles. The molecule has 0 aliphatic carbocycles. The van der Waals surface area contributed by atoms with Crippen LogP contribution < -0.4 is 10.9 Å². The van der Waals surface area contributed by atoms with E-state index in [4.69, 9.17) is 0 Å². The highest BCUT2D eigenvalue weighted by atomic mass is 32.2. The van der Waals surface area contributed by atoms with E-state index in [2.05, 4.69) is 20.3 Å². The van der Waals surface area contributed by atoms with Crippen molar-refractivity contribution in [1.82, 2.24) is 15.0 Å². The first kappa shape index (κ1) is 21.0. The number of aromatic amines is 1. The molecule has 0 bridgehead atoms. The third-order valence-electron chi connectivity index (χ3n) is 4.58. The first-order valence-corrected chi connectivity index (χ1v) is 11.5. The number of hydrogen-bond acceptors (Lipinski definition) is 6. The highest BCUT2D eigenvalue weighted by Crippen LogP contribution is 2.25. The summed E-state index contributed by atoms with van der Waals surface area (Å²) in [4.78, 5) is 36.6. The van der Waals surface area contributed by atoms with Crippen LogP contribution in [0.3, 0.4) is 0 Å². The molecule has 2 N–H and O–H groups in total. The van der Waals surface area contributed by atoms with E-state index in [-0.39, 0.29) is 17.2 Å². The molecule has 156 valence electrons. The van der Waals surface area contributed by atoms with Gasteiger partial charge in [0, 0.05) is 28.6 Å². The van der Waals surface area contributed by atoms with Crippen LogP contribution in [0.4, 0.5) is 5.13 Å². The summed E-state index contributed by atoms with van der Waals surface area (Å²) in [5.74, 6) is -0.0756. The van der Waals surface area contributed by atoms with Crippen molar-refractivity contribution in [1.29, 1.82) is 0 Å². The highest BCUT2D eigenvalue weighted by Gasteiger charge is 2.12. The number of benzene rings is 2. The number of aryl methyl sites for hydroxylation is 1. The van der Waals surface area contributed by atoms with Crippen LogP contribution in [0.15, 0.2) is 76.0 Å². The number of thioether (sulfide) groups is 1. The second-order valence-electron chi connectivity index (χ2n) is 6.84. The van der Waals surface area contributed by atoms with Gasteiger partial charge in [-0.15, -0.1) is 11.3 Å². The number of anilines is 1. The highest BCUT2D eigenvalue weighted by molar-refractivity contribution is 7.99. The van der Waals surface area contributed by atoms with Crippen LogP contribution in [0.25, 0.3) is 11.3 Å². The van der Waals surface area contributed by atoms with Crippen molar-refractivity contribution in [3.8, 4) is 11.3 Å². The van der Waals surface area contributed by atoms with Gasteiger partial charge in [-0.2, -0.15) is 0 Å². The van der Waals surface area contributed by atoms with Gasteiger partial charge in [0.05, 0.1) is 11.4 Å². The van der Waals surface area contributed by atoms with Crippen molar-refractivity contribution in [2.75, 3.05) is 11.1 Å². The van der Waals surface area contributed by atoms with Crippen LogP contribution in [0, 0.1) is 6.92 Å². The quantitative estimate of drug-likeness (QED) is 0.321. The molecule has 0 fully saturated rings. The Bertz CT molecular complexity index is 1240. The SMILES string of the molecule is Cc1nc(SCC(=O)Nc2nc(-c3ccccc3)cs2)[nH]c(=O)c1Cc1ccccc1. The van der Waals surface area contributed by atoms with E-state index < -0.39 is 0 Å². The first-order chi connectivity index (χ1) is 15.1. The average Bonchev–Trinajstić information content (AvgIpc) is 3.24. The van der Waals surface area contributed by atoms with Gasteiger partial charge in [-0.1, -0.05) is 72.4 Å². The topological polar surface area (TPSA) is 87.7 Å². The predicted molar refractivity (Wildman–Crippen MR) is 126 cm³/mol. The number of hydrogen-bond donors (Lipinski definition) is 2. The maximum Gasteiger partial charge on any atom is 0.255 e. The van der Waals surface area contributed by atoms with Gasteiger partial charge in [-0.25, -0.2) is 9.97 Å². The number of nitrogens with zero attached hydrogens (tertiary/aromatic N) is 2. The van der Waals surface area contributed by atoms with Crippen molar-refractivity contribution >= 4 is 34.1 Å². The largest absolute Gasteiger partial charge is 0.301 e.